The zero-order valence-corrected chi connectivity index (χ0v) is 20.6. The van der Waals surface area contributed by atoms with E-state index in [1.54, 1.807) is 4.90 Å². The Balaban J connectivity index is 1.48. The molecule has 4 rings (SSSR count). The summed E-state index contributed by atoms with van der Waals surface area (Å²) in [6.07, 6.45) is 1.20. The molecule has 2 amide bonds. The van der Waals surface area contributed by atoms with Gasteiger partial charge in [-0.1, -0.05) is 24.3 Å². The first-order valence-corrected chi connectivity index (χ1v) is 11.6. The van der Waals surface area contributed by atoms with Gasteiger partial charge in [-0.15, -0.1) is 0 Å². The summed E-state index contributed by atoms with van der Waals surface area (Å²) in [5, 5.41) is 2.90. The second-order valence-corrected chi connectivity index (χ2v) is 11.0. The second kappa shape index (κ2) is 8.13. The molecule has 2 fully saturated rings. The highest BCUT2D eigenvalue weighted by Gasteiger charge is 2.51. The zero-order valence-electron chi connectivity index (χ0n) is 20.6. The smallest absolute Gasteiger partial charge is 0.444 e. The third-order valence-electron chi connectivity index (χ3n) is 6.74. The van der Waals surface area contributed by atoms with E-state index in [1.165, 1.54) is 0 Å². The minimum absolute atomic E-state index is 0.190. The van der Waals surface area contributed by atoms with Gasteiger partial charge in [0.1, 0.15) is 11.4 Å². The van der Waals surface area contributed by atoms with E-state index >= 15 is 0 Å². The molecule has 2 saturated heterocycles. The van der Waals surface area contributed by atoms with Crippen LogP contribution in [-0.4, -0.2) is 59.2 Å². The molecular weight excluding hydrogens is 421 g/mol. The Kier molecular flexibility index (Phi) is 5.85. The molecule has 2 unspecified atom stereocenters. The van der Waals surface area contributed by atoms with Crippen molar-refractivity contribution in [2.75, 3.05) is 6.54 Å². The van der Waals surface area contributed by atoms with Crippen LogP contribution < -0.4 is 10.8 Å². The molecule has 3 aliphatic rings. The molecule has 0 radical (unpaired) electrons. The van der Waals surface area contributed by atoms with Crippen molar-refractivity contribution in [2.45, 2.75) is 90.2 Å². The van der Waals surface area contributed by atoms with E-state index in [0.29, 0.717) is 12.4 Å². The van der Waals surface area contributed by atoms with Crippen LogP contribution in [-0.2, 0) is 18.8 Å². The molecule has 0 aromatic heterocycles. The maximum absolute atomic E-state index is 12.7. The van der Waals surface area contributed by atoms with E-state index < -0.39 is 30.0 Å². The average Bonchev–Trinajstić information content (AvgIpc) is 3.37. The molecule has 1 aromatic rings. The van der Waals surface area contributed by atoms with Gasteiger partial charge < -0.3 is 19.4 Å². The van der Waals surface area contributed by atoms with E-state index in [0.717, 1.165) is 23.9 Å². The fourth-order valence-electron chi connectivity index (χ4n) is 4.22. The lowest BCUT2D eigenvalue weighted by atomic mass is 9.78. The third kappa shape index (κ3) is 4.66. The lowest BCUT2D eigenvalue weighted by Gasteiger charge is -2.32. The van der Waals surface area contributed by atoms with E-state index in [2.05, 4.69) is 10.3 Å². The standard InChI is InChI=1S/C24H34BN3O5/c1-22(2,3)31-21(30)28-14-8-9-17(28)19-26-18(20(29)27-19)15-10-12-16(13-11-15)25-32-23(4,5)24(6,7)33-25/h10-13,17-18H,8-9,14H2,1-7H3,(H,26,27,29). The van der Waals surface area contributed by atoms with Crippen LogP contribution in [0.25, 0.3) is 0 Å². The van der Waals surface area contributed by atoms with Crippen molar-refractivity contribution >= 4 is 30.4 Å². The number of nitrogens with one attached hydrogen (secondary N) is 1. The number of carbonyl (C=O) groups is 2. The highest BCUT2D eigenvalue weighted by Crippen LogP contribution is 2.36. The van der Waals surface area contributed by atoms with Gasteiger partial charge in [0.15, 0.2) is 6.04 Å². The summed E-state index contributed by atoms with van der Waals surface area (Å²) in [4.78, 5) is 31.7. The highest BCUT2D eigenvalue weighted by molar-refractivity contribution is 6.62. The van der Waals surface area contributed by atoms with Crippen LogP contribution in [0.2, 0.25) is 0 Å². The molecule has 3 aliphatic heterocycles. The van der Waals surface area contributed by atoms with Gasteiger partial charge in [-0.2, -0.15) is 0 Å². The molecule has 1 N–H and O–H groups in total. The van der Waals surface area contributed by atoms with E-state index in [4.69, 9.17) is 14.0 Å². The number of aliphatic imine (C=N–C) groups is 1. The number of nitrogens with zero attached hydrogens (tertiary/aromatic N) is 2. The number of rotatable bonds is 3. The first-order chi connectivity index (χ1) is 15.3. The number of benzene rings is 1. The van der Waals surface area contributed by atoms with Gasteiger partial charge in [0.25, 0.3) is 5.91 Å². The van der Waals surface area contributed by atoms with Gasteiger partial charge in [0.2, 0.25) is 0 Å². The molecule has 9 heteroatoms. The number of amidine groups is 1. The SMILES string of the molecule is CC(C)(C)OC(=O)N1CCCC1C1=NC(c2ccc(B3OC(C)(C)C(C)(C)O3)cc2)C(=O)N1. The van der Waals surface area contributed by atoms with E-state index in [9.17, 15) is 9.59 Å². The maximum atomic E-state index is 12.7. The van der Waals surface area contributed by atoms with Crippen molar-refractivity contribution < 1.29 is 23.6 Å². The Bertz CT molecular complexity index is 951. The Labute approximate surface area is 196 Å². The molecule has 178 valence electrons. The maximum Gasteiger partial charge on any atom is 0.494 e. The monoisotopic (exact) mass is 455 g/mol. The average molecular weight is 455 g/mol. The lowest BCUT2D eigenvalue weighted by molar-refractivity contribution is -0.120. The highest BCUT2D eigenvalue weighted by atomic mass is 16.7. The van der Waals surface area contributed by atoms with Gasteiger partial charge in [0.05, 0.1) is 17.2 Å². The molecule has 33 heavy (non-hydrogen) atoms. The number of ether oxygens (including phenoxy) is 1. The predicted octanol–water partition coefficient (Wildman–Crippen LogP) is 2.95. The van der Waals surface area contributed by atoms with Crippen molar-refractivity contribution in [3.63, 3.8) is 0 Å². The van der Waals surface area contributed by atoms with Gasteiger partial charge in [-0.05, 0) is 72.3 Å². The van der Waals surface area contributed by atoms with E-state index in [1.807, 2.05) is 72.7 Å². The quantitative estimate of drug-likeness (QED) is 0.708. The molecule has 2 atom stereocenters. The molecule has 0 saturated carbocycles. The normalized spacial score (nSPS) is 26.4. The van der Waals surface area contributed by atoms with Gasteiger partial charge >= 0.3 is 13.2 Å². The van der Waals surface area contributed by atoms with Crippen LogP contribution in [0.4, 0.5) is 4.79 Å². The number of amides is 2. The predicted molar refractivity (Wildman–Crippen MR) is 126 cm³/mol. The summed E-state index contributed by atoms with van der Waals surface area (Å²) in [5.74, 6) is 0.341. The second-order valence-electron chi connectivity index (χ2n) is 11.0. The first-order valence-electron chi connectivity index (χ1n) is 11.6. The Morgan fingerprint density at radius 2 is 1.76 bits per heavy atom. The van der Waals surface area contributed by atoms with Gasteiger partial charge in [-0.3, -0.25) is 14.7 Å². The molecule has 0 spiro atoms. The van der Waals surface area contributed by atoms with Crippen molar-refractivity contribution in [3.05, 3.63) is 29.8 Å². The van der Waals surface area contributed by atoms with Gasteiger partial charge in [0, 0.05) is 6.54 Å². The third-order valence-corrected chi connectivity index (χ3v) is 6.74. The Morgan fingerprint density at radius 1 is 1.15 bits per heavy atom. The van der Waals surface area contributed by atoms with Crippen LogP contribution in [0.1, 0.15) is 72.9 Å². The zero-order chi connectivity index (χ0) is 24.2. The first kappa shape index (κ1) is 23.8. The molecule has 0 aliphatic carbocycles. The number of likely N-dealkylation sites (tertiary alicyclic amines) is 1. The van der Waals surface area contributed by atoms with Crippen molar-refractivity contribution in [3.8, 4) is 0 Å². The molecule has 8 nitrogen and oxygen atoms in total. The van der Waals surface area contributed by atoms with Crippen LogP contribution in [0.3, 0.4) is 0 Å². The van der Waals surface area contributed by atoms with Crippen molar-refractivity contribution in [1.29, 1.82) is 0 Å². The van der Waals surface area contributed by atoms with Crippen LogP contribution in [0.5, 0.6) is 0 Å². The summed E-state index contributed by atoms with van der Waals surface area (Å²) >= 11 is 0. The lowest BCUT2D eigenvalue weighted by Crippen LogP contribution is -2.47. The summed E-state index contributed by atoms with van der Waals surface area (Å²) in [5.41, 5.74) is 0.271. The summed E-state index contributed by atoms with van der Waals surface area (Å²) in [7, 11) is -0.457. The van der Waals surface area contributed by atoms with Crippen LogP contribution in [0.15, 0.2) is 29.3 Å². The van der Waals surface area contributed by atoms with Crippen LogP contribution >= 0.6 is 0 Å². The minimum atomic E-state index is -0.645. The van der Waals surface area contributed by atoms with Crippen molar-refractivity contribution in [2.24, 2.45) is 4.99 Å². The molecular formula is C24H34BN3O5. The number of hydrogen-bond acceptors (Lipinski definition) is 6. The fraction of sp³-hybridized carbons (Fsp3) is 0.625. The molecule has 1 aromatic carbocycles. The summed E-state index contributed by atoms with van der Waals surface area (Å²) in [6.45, 7) is 14.2. The van der Waals surface area contributed by atoms with Gasteiger partial charge in [-0.25, -0.2) is 4.79 Å². The topological polar surface area (TPSA) is 89.5 Å². The fourth-order valence-corrected chi connectivity index (χ4v) is 4.22. The molecule has 0 bridgehead atoms. The summed E-state index contributed by atoms with van der Waals surface area (Å²) < 4.78 is 17.8. The number of carbonyl (C=O) groups excluding carboxylic acids is 2. The Hall–Kier alpha value is -2.39. The Morgan fingerprint density at radius 3 is 2.33 bits per heavy atom. The summed E-state index contributed by atoms with van der Waals surface area (Å²) in [6, 6.07) is 6.68. The van der Waals surface area contributed by atoms with Crippen LogP contribution in [0, 0.1) is 0 Å². The van der Waals surface area contributed by atoms with E-state index in [-0.39, 0.29) is 18.0 Å². The minimum Gasteiger partial charge on any atom is -0.444 e. The van der Waals surface area contributed by atoms with Crippen molar-refractivity contribution in [1.82, 2.24) is 10.2 Å². The number of hydrogen-bond donors (Lipinski definition) is 1. The molecule has 3 heterocycles. The largest absolute Gasteiger partial charge is 0.494 e.